The molecule has 3 nitrogen and oxygen atoms in total. The molecule has 1 fully saturated rings. The van der Waals surface area contributed by atoms with Crippen molar-refractivity contribution in [1.29, 1.82) is 0 Å². The third kappa shape index (κ3) is 5.70. The summed E-state index contributed by atoms with van der Waals surface area (Å²) in [5.74, 6) is -0.140. The maximum absolute atomic E-state index is 12.7. The smallest absolute Gasteiger partial charge is 0.340 e. The van der Waals surface area contributed by atoms with E-state index in [1.165, 1.54) is 4.90 Å². The van der Waals surface area contributed by atoms with Crippen molar-refractivity contribution >= 4 is 18.3 Å². The summed E-state index contributed by atoms with van der Waals surface area (Å²) in [6, 6.07) is 8.76. The van der Waals surface area contributed by atoms with Gasteiger partial charge in [-0.15, -0.1) is 12.4 Å². The van der Waals surface area contributed by atoms with Gasteiger partial charge in [-0.1, -0.05) is 30.3 Å². The van der Waals surface area contributed by atoms with Crippen molar-refractivity contribution in [3.8, 4) is 0 Å². The molecule has 1 unspecified atom stereocenters. The van der Waals surface area contributed by atoms with Crippen molar-refractivity contribution in [2.24, 2.45) is 11.7 Å². The summed E-state index contributed by atoms with van der Waals surface area (Å²) in [5.41, 5.74) is 5.43. The van der Waals surface area contributed by atoms with E-state index in [0.717, 1.165) is 12.8 Å². The van der Waals surface area contributed by atoms with Gasteiger partial charge < -0.3 is 10.6 Å². The number of nitrogens with two attached hydrogens (primary N) is 1. The summed E-state index contributed by atoms with van der Waals surface area (Å²) < 4.78 is 37.4. The molecule has 2 N–H and O–H groups in total. The molecular weight excluding hydrogens is 329 g/mol. The van der Waals surface area contributed by atoms with E-state index in [-0.39, 0.29) is 19.0 Å². The molecule has 1 atom stereocenters. The van der Waals surface area contributed by atoms with E-state index in [0.29, 0.717) is 18.0 Å². The van der Waals surface area contributed by atoms with E-state index in [9.17, 15) is 18.0 Å². The highest BCUT2D eigenvalue weighted by Crippen LogP contribution is 2.32. The van der Waals surface area contributed by atoms with Gasteiger partial charge in [0.25, 0.3) is 0 Å². The first-order chi connectivity index (χ1) is 10.2. The zero-order valence-electron chi connectivity index (χ0n) is 13.0. The number of carbonyl (C=O) groups excluding carboxylic acids is 1. The molecule has 130 valence electrons. The molecule has 0 heterocycles. The fourth-order valence-corrected chi connectivity index (χ4v) is 2.39. The summed E-state index contributed by atoms with van der Waals surface area (Å²) in [6.45, 7) is 1.57. The molecule has 2 rings (SSSR count). The maximum Gasteiger partial charge on any atom is 0.390 e. The van der Waals surface area contributed by atoms with Crippen LogP contribution in [0.4, 0.5) is 13.2 Å². The molecule has 0 bridgehead atoms. The second kappa shape index (κ2) is 7.53. The van der Waals surface area contributed by atoms with Crippen molar-refractivity contribution in [2.45, 2.75) is 37.9 Å². The van der Waals surface area contributed by atoms with Crippen molar-refractivity contribution in [3.63, 3.8) is 0 Å². The van der Waals surface area contributed by atoms with Crippen molar-refractivity contribution in [3.05, 3.63) is 35.9 Å². The van der Waals surface area contributed by atoms with Crippen molar-refractivity contribution in [1.82, 2.24) is 4.90 Å². The third-order valence-electron chi connectivity index (χ3n) is 3.95. The van der Waals surface area contributed by atoms with Gasteiger partial charge in [0, 0.05) is 13.1 Å². The Labute approximate surface area is 140 Å². The fraction of sp³-hybridized carbons (Fsp3) is 0.562. The van der Waals surface area contributed by atoms with Gasteiger partial charge in [0.15, 0.2) is 0 Å². The fourth-order valence-electron chi connectivity index (χ4n) is 2.39. The average molecular weight is 351 g/mol. The number of benzene rings is 1. The van der Waals surface area contributed by atoms with Gasteiger partial charge in [-0.3, -0.25) is 4.79 Å². The highest BCUT2D eigenvalue weighted by atomic mass is 35.5. The number of nitrogens with zero attached hydrogens (tertiary/aromatic N) is 1. The number of amides is 1. The van der Waals surface area contributed by atoms with E-state index in [2.05, 4.69) is 0 Å². The average Bonchev–Trinajstić information content (AvgIpc) is 3.26. The van der Waals surface area contributed by atoms with Gasteiger partial charge in [-0.05, 0) is 31.2 Å². The molecular formula is C16H22ClF3N2O. The van der Waals surface area contributed by atoms with Gasteiger partial charge in [-0.2, -0.15) is 13.2 Å². The minimum absolute atomic E-state index is 0. The second-order valence-electron chi connectivity index (χ2n) is 6.13. The summed E-state index contributed by atoms with van der Waals surface area (Å²) in [6.07, 6.45) is -3.36. The Bertz CT molecular complexity index is 516. The summed E-state index contributed by atoms with van der Waals surface area (Å²) in [4.78, 5) is 14.0. The lowest BCUT2D eigenvalue weighted by Gasteiger charge is -2.32. The van der Waals surface area contributed by atoms with Crippen molar-refractivity contribution < 1.29 is 18.0 Å². The molecule has 0 aliphatic heterocycles. The molecule has 1 saturated carbocycles. The number of hydrogen-bond donors (Lipinski definition) is 1. The lowest BCUT2D eigenvalue weighted by Crippen LogP contribution is -2.52. The SMILES string of the molecule is CC(N)(C(=O)N(CCC(F)(F)F)CC1CC1)c1ccccc1.Cl. The van der Waals surface area contributed by atoms with Gasteiger partial charge in [0.2, 0.25) is 5.91 Å². The van der Waals surface area contributed by atoms with E-state index >= 15 is 0 Å². The topological polar surface area (TPSA) is 46.3 Å². The van der Waals surface area contributed by atoms with Crippen LogP contribution in [0, 0.1) is 5.92 Å². The van der Waals surface area contributed by atoms with Crippen LogP contribution in [0.15, 0.2) is 30.3 Å². The highest BCUT2D eigenvalue weighted by Gasteiger charge is 2.38. The molecule has 7 heteroatoms. The maximum atomic E-state index is 12.7. The van der Waals surface area contributed by atoms with Crippen LogP contribution in [0.3, 0.4) is 0 Å². The van der Waals surface area contributed by atoms with Crippen LogP contribution >= 0.6 is 12.4 Å². The molecule has 0 aromatic heterocycles. The van der Waals surface area contributed by atoms with Crippen LogP contribution in [-0.4, -0.2) is 30.1 Å². The van der Waals surface area contributed by atoms with Crippen LogP contribution in [0.2, 0.25) is 0 Å². The molecule has 1 aliphatic carbocycles. The standard InChI is InChI=1S/C16H21F3N2O.ClH/c1-15(20,13-5-3-2-4-6-13)14(22)21(11-12-7-8-12)10-9-16(17,18)19;/h2-6,12H,7-11,20H2,1H3;1H. The zero-order chi connectivity index (χ0) is 16.4. The van der Waals surface area contributed by atoms with E-state index in [1.54, 1.807) is 37.3 Å². The van der Waals surface area contributed by atoms with Crippen LogP contribution in [-0.2, 0) is 10.3 Å². The number of rotatable bonds is 6. The molecule has 23 heavy (non-hydrogen) atoms. The van der Waals surface area contributed by atoms with E-state index < -0.39 is 24.0 Å². The van der Waals surface area contributed by atoms with Gasteiger partial charge in [-0.25, -0.2) is 0 Å². The predicted molar refractivity (Wildman–Crippen MR) is 85.2 cm³/mol. The molecule has 1 aromatic rings. The van der Waals surface area contributed by atoms with Crippen LogP contribution in [0.25, 0.3) is 0 Å². The molecule has 0 saturated heterocycles. The lowest BCUT2D eigenvalue weighted by atomic mass is 9.91. The first-order valence-electron chi connectivity index (χ1n) is 7.40. The monoisotopic (exact) mass is 350 g/mol. The third-order valence-corrected chi connectivity index (χ3v) is 3.95. The minimum Gasteiger partial charge on any atom is -0.340 e. The summed E-state index contributed by atoms with van der Waals surface area (Å²) in [7, 11) is 0. The molecule has 1 amide bonds. The van der Waals surface area contributed by atoms with Crippen LogP contribution in [0.5, 0.6) is 0 Å². The molecule has 0 radical (unpaired) electrons. The van der Waals surface area contributed by atoms with Crippen LogP contribution < -0.4 is 5.73 Å². The van der Waals surface area contributed by atoms with Gasteiger partial charge in [0.1, 0.15) is 5.54 Å². The normalized spacial score (nSPS) is 17.1. The van der Waals surface area contributed by atoms with Gasteiger partial charge >= 0.3 is 6.18 Å². The van der Waals surface area contributed by atoms with E-state index in [4.69, 9.17) is 5.73 Å². The van der Waals surface area contributed by atoms with Crippen molar-refractivity contribution in [2.75, 3.05) is 13.1 Å². The Morgan fingerprint density at radius 3 is 2.30 bits per heavy atom. The number of alkyl halides is 3. The summed E-state index contributed by atoms with van der Waals surface area (Å²) in [5, 5.41) is 0. The Balaban J connectivity index is 0.00000264. The molecule has 1 aromatic carbocycles. The highest BCUT2D eigenvalue weighted by molar-refractivity contribution is 5.87. The first kappa shape index (κ1) is 19.8. The summed E-state index contributed by atoms with van der Waals surface area (Å²) >= 11 is 0. The number of halogens is 4. The Morgan fingerprint density at radius 1 is 1.26 bits per heavy atom. The van der Waals surface area contributed by atoms with E-state index in [1.807, 2.05) is 0 Å². The Kier molecular flexibility index (Phi) is 6.48. The zero-order valence-corrected chi connectivity index (χ0v) is 13.8. The number of carbonyl (C=O) groups is 1. The quantitative estimate of drug-likeness (QED) is 0.853. The molecule has 1 aliphatic rings. The Morgan fingerprint density at radius 2 is 1.83 bits per heavy atom. The lowest BCUT2D eigenvalue weighted by molar-refractivity contribution is -0.148. The second-order valence-corrected chi connectivity index (χ2v) is 6.13. The van der Waals surface area contributed by atoms with Gasteiger partial charge in [0.05, 0.1) is 6.42 Å². The Hall–Kier alpha value is -1.27. The van der Waals surface area contributed by atoms with Crippen LogP contribution in [0.1, 0.15) is 31.7 Å². The minimum atomic E-state index is -4.28. The largest absolute Gasteiger partial charge is 0.390 e. The number of hydrogen-bond acceptors (Lipinski definition) is 2. The molecule has 0 spiro atoms. The predicted octanol–water partition coefficient (Wildman–Crippen LogP) is 3.47. The first-order valence-corrected chi connectivity index (χ1v) is 7.40.